The molecule has 5 nitrogen and oxygen atoms in total. The summed E-state index contributed by atoms with van der Waals surface area (Å²) in [6, 6.07) is 2.41. The van der Waals surface area contributed by atoms with Gasteiger partial charge in [0.2, 0.25) is 5.76 Å². The lowest BCUT2D eigenvalue weighted by Crippen LogP contribution is -2.39. The van der Waals surface area contributed by atoms with Crippen LogP contribution in [0.15, 0.2) is 21.2 Å². The second kappa shape index (κ2) is 6.01. The first-order valence-corrected chi connectivity index (χ1v) is 9.50. The highest BCUT2D eigenvalue weighted by Gasteiger charge is 2.58. The van der Waals surface area contributed by atoms with Crippen molar-refractivity contribution in [1.29, 1.82) is 0 Å². The topological polar surface area (TPSA) is 58.4 Å². The molecule has 1 aliphatic heterocycles. The van der Waals surface area contributed by atoms with Crippen molar-refractivity contribution in [2.24, 2.45) is 5.41 Å². The molecule has 0 aromatic carbocycles. The molecule has 3 heterocycles. The van der Waals surface area contributed by atoms with Crippen LogP contribution < -0.4 is 5.32 Å². The van der Waals surface area contributed by atoms with E-state index in [1.165, 1.54) is 5.56 Å². The number of aryl methyl sites for hydroxylation is 2. The van der Waals surface area contributed by atoms with Gasteiger partial charge in [-0.1, -0.05) is 0 Å². The van der Waals surface area contributed by atoms with Crippen LogP contribution in [-0.2, 0) is 6.54 Å². The molecule has 2 fully saturated rings. The third-order valence-electron chi connectivity index (χ3n) is 5.41. The smallest absolute Gasteiger partial charge is 0.292 e. The van der Waals surface area contributed by atoms with E-state index in [2.05, 4.69) is 27.1 Å². The van der Waals surface area contributed by atoms with E-state index in [1.54, 1.807) is 18.3 Å². The average Bonchev–Trinajstić information content (AvgIpc) is 2.92. The van der Waals surface area contributed by atoms with Crippen LogP contribution >= 0.6 is 11.3 Å². The number of nitrogens with zero attached hydrogens (tertiary/aromatic N) is 2. The average molecular weight is 345 g/mol. The van der Waals surface area contributed by atoms with E-state index < -0.39 is 0 Å². The van der Waals surface area contributed by atoms with Crippen LogP contribution in [0.2, 0.25) is 0 Å². The minimum absolute atomic E-state index is 0.0142. The van der Waals surface area contributed by atoms with Crippen molar-refractivity contribution in [3.63, 3.8) is 0 Å². The molecule has 4 rings (SSSR count). The maximum atomic E-state index is 13.2. The Morgan fingerprint density at radius 3 is 2.88 bits per heavy atom. The second-order valence-corrected chi connectivity index (χ2v) is 7.82. The summed E-state index contributed by atoms with van der Waals surface area (Å²) < 4.78 is 5.62. The molecular weight excluding hydrogens is 322 g/mol. The van der Waals surface area contributed by atoms with Crippen LogP contribution in [0.25, 0.3) is 0 Å². The lowest BCUT2D eigenvalue weighted by Gasteiger charge is -2.29. The molecule has 24 heavy (non-hydrogen) atoms. The molecule has 6 heteroatoms. The van der Waals surface area contributed by atoms with Gasteiger partial charge >= 0.3 is 0 Å². The summed E-state index contributed by atoms with van der Waals surface area (Å²) in [5.41, 5.74) is 2.19. The standard InChI is InChI=1S/C18H23N3O2S/c1-12-16(23-13(2)20-12)17(22)21(10-14-3-8-24-11-14)15-9-18(15)4-6-19-7-5-18/h3,8,11,15,19H,4-7,9-10H2,1-2H3. The zero-order valence-corrected chi connectivity index (χ0v) is 15.0. The van der Waals surface area contributed by atoms with Crippen molar-refractivity contribution < 1.29 is 9.21 Å². The fourth-order valence-electron chi connectivity index (χ4n) is 3.99. The van der Waals surface area contributed by atoms with Gasteiger partial charge in [0.25, 0.3) is 5.91 Å². The molecule has 2 aliphatic rings. The summed E-state index contributed by atoms with van der Waals surface area (Å²) in [5.74, 6) is 0.942. The normalized spacial score (nSPS) is 21.8. The van der Waals surface area contributed by atoms with E-state index in [0.717, 1.165) is 32.4 Å². The van der Waals surface area contributed by atoms with Gasteiger partial charge in [0.1, 0.15) is 0 Å². The highest BCUT2D eigenvalue weighted by atomic mass is 32.1. The SMILES string of the molecule is Cc1nc(C)c(C(=O)N(Cc2ccsc2)C2CC23CCNCC3)o1. The number of oxazole rings is 1. The molecule has 1 saturated heterocycles. The van der Waals surface area contributed by atoms with E-state index in [9.17, 15) is 4.79 Å². The number of piperidine rings is 1. The Kier molecular flexibility index (Phi) is 3.96. The third-order valence-corrected chi connectivity index (χ3v) is 6.15. The zero-order valence-electron chi connectivity index (χ0n) is 14.2. The van der Waals surface area contributed by atoms with Gasteiger partial charge < -0.3 is 14.6 Å². The molecule has 0 bridgehead atoms. The number of carbonyl (C=O) groups is 1. The van der Waals surface area contributed by atoms with Crippen molar-refractivity contribution in [1.82, 2.24) is 15.2 Å². The lowest BCUT2D eigenvalue weighted by molar-refractivity contribution is 0.0657. The molecule has 0 radical (unpaired) electrons. The van der Waals surface area contributed by atoms with Gasteiger partial charge in [-0.3, -0.25) is 4.79 Å². The Labute approximate surface area is 146 Å². The van der Waals surface area contributed by atoms with Gasteiger partial charge in [-0.25, -0.2) is 4.98 Å². The van der Waals surface area contributed by atoms with Gasteiger partial charge in [-0.2, -0.15) is 11.3 Å². The third kappa shape index (κ3) is 2.78. The number of carbonyl (C=O) groups excluding carboxylic acids is 1. The van der Waals surface area contributed by atoms with Gasteiger partial charge in [0.05, 0.1) is 5.69 Å². The summed E-state index contributed by atoms with van der Waals surface area (Å²) in [6.45, 7) is 6.40. The molecule has 1 aliphatic carbocycles. The fraction of sp³-hybridized carbons (Fsp3) is 0.556. The number of hydrogen-bond acceptors (Lipinski definition) is 5. The summed E-state index contributed by atoms with van der Waals surface area (Å²) >= 11 is 1.67. The van der Waals surface area contributed by atoms with Crippen molar-refractivity contribution in [2.45, 2.75) is 45.7 Å². The second-order valence-electron chi connectivity index (χ2n) is 7.04. The van der Waals surface area contributed by atoms with E-state index in [4.69, 9.17) is 4.42 Å². The Balaban J connectivity index is 1.61. The van der Waals surface area contributed by atoms with Crippen LogP contribution in [0.1, 0.15) is 47.0 Å². The van der Waals surface area contributed by atoms with Gasteiger partial charge in [0.15, 0.2) is 5.89 Å². The van der Waals surface area contributed by atoms with Crippen molar-refractivity contribution in [3.8, 4) is 0 Å². The highest BCUT2D eigenvalue weighted by molar-refractivity contribution is 7.07. The van der Waals surface area contributed by atoms with Crippen molar-refractivity contribution >= 4 is 17.2 Å². The van der Waals surface area contributed by atoms with E-state index in [0.29, 0.717) is 35.3 Å². The van der Waals surface area contributed by atoms with Gasteiger partial charge in [-0.05, 0) is 67.1 Å². The number of nitrogens with one attached hydrogen (secondary N) is 1. The molecule has 1 N–H and O–H groups in total. The summed E-state index contributed by atoms with van der Waals surface area (Å²) in [6.07, 6.45) is 3.41. The Hall–Kier alpha value is -1.66. The lowest BCUT2D eigenvalue weighted by atomic mass is 9.93. The molecule has 1 atom stereocenters. The summed E-state index contributed by atoms with van der Waals surface area (Å²) in [4.78, 5) is 19.5. The highest BCUT2D eigenvalue weighted by Crippen LogP contribution is 2.56. The quantitative estimate of drug-likeness (QED) is 0.925. The first-order chi connectivity index (χ1) is 11.6. The van der Waals surface area contributed by atoms with E-state index in [-0.39, 0.29) is 5.91 Å². The molecule has 1 saturated carbocycles. The monoisotopic (exact) mass is 345 g/mol. The first-order valence-electron chi connectivity index (χ1n) is 8.56. The number of hydrogen-bond donors (Lipinski definition) is 1. The number of rotatable bonds is 4. The number of amides is 1. The van der Waals surface area contributed by atoms with Crippen LogP contribution in [0, 0.1) is 19.3 Å². The molecule has 1 spiro atoms. The molecule has 1 amide bonds. The van der Waals surface area contributed by atoms with Gasteiger partial charge in [-0.15, -0.1) is 0 Å². The Bertz CT molecular complexity index is 732. The van der Waals surface area contributed by atoms with Crippen molar-refractivity contribution in [2.75, 3.05) is 13.1 Å². The predicted molar refractivity (Wildman–Crippen MR) is 93.1 cm³/mol. The predicted octanol–water partition coefficient (Wildman–Crippen LogP) is 3.14. The maximum Gasteiger partial charge on any atom is 0.292 e. The van der Waals surface area contributed by atoms with Crippen LogP contribution in [-0.4, -0.2) is 34.9 Å². The first kappa shape index (κ1) is 15.8. The Morgan fingerprint density at radius 1 is 1.46 bits per heavy atom. The molecular formula is C18H23N3O2S. The summed E-state index contributed by atoms with van der Waals surface area (Å²) in [5, 5.41) is 7.61. The van der Waals surface area contributed by atoms with Crippen LogP contribution in [0.4, 0.5) is 0 Å². The Morgan fingerprint density at radius 2 is 2.25 bits per heavy atom. The summed E-state index contributed by atoms with van der Waals surface area (Å²) in [7, 11) is 0. The van der Waals surface area contributed by atoms with E-state index >= 15 is 0 Å². The molecule has 2 aromatic rings. The molecule has 128 valence electrons. The fourth-order valence-corrected chi connectivity index (χ4v) is 4.65. The largest absolute Gasteiger partial charge is 0.436 e. The van der Waals surface area contributed by atoms with E-state index in [1.807, 2.05) is 11.8 Å². The minimum atomic E-state index is -0.0142. The minimum Gasteiger partial charge on any atom is -0.436 e. The van der Waals surface area contributed by atoms with Crippen LogP contribution in [0.3, 0.4) is 0 Å². The van der Waals surface area contributed by atoms with Gasteiger partial charge in [0, 0.05) is 19.5 Å². The maximum absolute atomic E-state index is 13.2. The molecule has 2 aromatic heterocycles. The number of aromatic nitrogens is 1. The zero-order chi connectivity index (χ0) is 16.7. The molecule has 1 unspecified atom stereocenters. The van der Waals surface area contributed by atoms with Crippen LogP contribution in [0.5, 0.6) is 0 Å². The van der Waals surface area contributed by atoms with Crippen molar-refractivity contribution in [3.05, 3.63) is 39.7 Å². The number of thiophene rings is 1.